The van der Waals surface area contributed by atoms with Crippen molar-refractivity contribution in [1.29, 1.82) is 0 Å². The lowest BCUT2D eigenvalue weighted by molar-refractivity contribution is 0.618. The molecule has 0 aliphatic carbocycles. The highest BCUT2D eigenvalue weighted by molar-refractivity contribution is 7.20. The maximum atomic E-state index is 13.2. The van der Waals surface area contributed by atoms with E-state index in [4.69, 9.17) is 0 Å². The largest absolute Gasteiger partial charge is 0.342 e. The van der Waals surface area contributed by atoms with Crippen LogP contribution in [0.2, 0.25) is 0 Å². The summed E-state index contributed by atoms with van der Waals surface area (Å²) in [5, 5.41) is 5.10. The second kappa shape index (κ2) is 4.63. The highest BCUT2D eigenvalue weighted by atomic mass is 32.1. The molecule has 0 saturated heterocycles. The molecule has 5 nitrogen and oxygen atoms in total. The fraction of sp³-hybridized carbons (Fsp3) is 0.214. The number of fused-ring (bicyclic) bond motifs is 2. The summed E-state index contributed by atoms with van der Waals surface area (Å²) in [6, 6.07) is 6.28. The number of aromatic nitrogens is 3. The van der Waals surface area contributed by atoms with E-state index < -0.39 is 0 Å². The summed E-state index contributed by atoms with van der Waals surface area (Å²) in [4.78, 5) is 18.6. The van der Waals surface area contributed by atoms with Crippen molar-refractivity contribution in [3.05, 3.63) is 57.8 Å². The molecule has 1 aliphatic heterocycles. The average Bonchev–Trinajstić information content (AvgIpc) is 2.92. The van der Waals surface area contributed by atoms with Crippen molar-refractivity contribution < 1.29 is 4.39 Å². The molecule has 2 aromatic heterocycles. The van der Waals surface area contributed by atoms with E-state index in [-0.39, 0.29) is 11.4 Å². The third-order valence-electron chi connectivity index (χ3n) is 3.61. The van der Waals surface area contributed by atoms with E-state index in [1.807, 2.05) is 6.07 Å². The van der Waals surface area contributed by atoms with Crippen molar-refractivity contribution in [2.24, 2.45) is 0 Å². The van der Waals surface area contributed by atoms with Gasteiger partial charge in [-0.3, -0.25) is 4.79 Å². The summed E-state index contributed by atoms with van der Waals surface area (Å²) in [6.07, 6.45) is 2.26. The van der Waals surface area contributed by atoms with Gasteiger partial charge in [-0.15, -0.1) is 5.10 Å². The van der Waals surface area contributed by atoms with Crippen LogP contribution in [-0.4, -0.2) is 21.1 Å². The average molecular weight is 302 g/mol. The van der Waals surface area contributed by atoms with E-state index in [1.165, 1.54) is 34.2 Å². The molecule has 0 atom stereocenters. The molecule has 7 heteroatoms. The minimum absolute atomic E-state index is 0.179. The van der Waals surface area contributed by atoms with Crippen LogP contribution in [0.25, 0.3) is 4.96 Å². The third kappa shape index (κ3) is 2.09. The molecule has 3 aromatic rings. The first-order valence-corrected chi connectivity index (χ1v) is 7.39. The molecule has 1 aliphatic rings. The van der Waals surface area contributed by atoms with Gasteiger partial charge in [0.15, 0.2) is 0 Å². The number of nitrogens with zero attached hydrogens (tertiary/aromatic N) is 4. The third-order valence-corrected chi connectivity index (χ3v) is 4.59. The first-order valence-electron chi connectivity index (χ1n) is 6.58. The number of rotatable bonds is 1. The van der Waals surface area contributed by atoms with Gasteiger partial charge >= 0.3 is 0 Å². The number of hydrogen-bond acceptors (Lipinski definition) is 5. The number of hydrogen-bond donors (Lipinski definition) is 0. The van der Waals surface area contributed by atoms with Gasteiger partial charge in [-0.1, -0.05) is 17.4 Å². The Kier molecular flexibility index (Phi) is 2.75. The van der Waals surface area contributed by atoms with Gasteiger partial charge in [0.1, 0.15) is 5.82 Å². The Labute approximate surface area is 123 Å². The van der Waals surface area contributed by atoms with Gasteiger partial charge in [0.05, 0.1) is 0 Å². The lowest BCUT2D eigenvalue weighted by Gasteiger charge is -2.27. The van der Waals surface area contributed by atoms with Crippen molar-refractivity contribution in [3.8, 4) is 0 Å². The highest BCUT2D eigenvalue weighted by Crippen LogP contribution is 2.27. The Morgan fingerprint density at radius 3 is 3.00 bits per heavy atom. The predicted octanol–water partition coefficient (Wildman–Crippen LogP) is 1.85. The summed E-state index contributed by atoms with van der Waals surface area (Å²) >= 11 is 1.39. The molecule has 3 heterocycles. The van der Waals surface area contributed by atoms with Crippen LogP contribution in [0.3, 0.4) is 0 Å². The van der Waals surface area contributed by atoms with Gasteiger partial charge in [0, 0.05) is 25.4 Å². The topological polar surface area (TPSA) is 50.5 Å². The molecule has 21 heavy (non-hydrogen) atoms. The maximum absolute atomic E-state index is 13.2. The van der Waals surface area contributed by atoms with Gasteiger partial charge < -0.3 is 4.90 Å². The molecule has 0 fully saturated rings. The number of anilines is 1. The number of halogens is 1. The molecule has 106 valence electrons. The second-order valence-electron chi connectivity index (χ2n) is 4.95. The zero-order chi connectivity index (χ0) is 14.4. The van der Waals surface area contributed by atoms with E-state index in [1.54, 1.807) is 6.07 Å². The molecule has 0 amide bonds. The van der Waals surface area contributed by atoms with Crippen molar-refractivity contribution >= 4 is 21.4 Å². The zero-order valence-electron chi connectivity index (χ0n) is 11.0. The van der Waals surface area contributed by atoms with Crippen molar-refractivity contribution in [1.82, 2.24) is 14.6 Å². The lowest BCUT2D eigenvalue weighted by atomic mass is 10.0. The van der Waals surface area contributed by atoms with E-state index >= 15 is 0 Å². The Bertz CT molecular complexity index is 888. The van der Waals surface area contributed by atoms with Crippen molar-refractivity contribution in [3.63, 3.8) is 0 Å². The summed E-state index contributed by atoms with van der Waals surface area (Å²) in [6.45, 7) is 1.43. The van der Waals surface area contributed by atoms with Crippen LogP contribution >= 0.6 is 11.3 Å². The SMILES string of the molecule is O=c1ccnc2sc(N3CCc4cc(F)ccc4C3)nn12. The van der Waals surface area contributed by atoms with Crippen molar-refractivity contribution in [2.75, 3.05) is 11.4 Å². The Morgan fingerprint density at radius 1 is 1.24 bits per heavy atom. The molecule has 4 rings (SSSR count). The number of benzene rings is 1. The van der Waals surface area contributed by atoms with Crippen LogP contribution in [0.4, 0.5) is 9.52 Å². The standard InChI is InChI=1S/C14H11FN4OS/c15-11-2-1-10-8-18(6-4-9(10)7-11)14-17-19-12(20)3-5-16-13(19)21-14/h1-3,5,7H,4,6,8H2. The van der Waals surface area contributed by atoms with E-state index in [0.717, 1.165) is 29.2 Å². The highest BCUT2D eigenvalue weighted by Gasteiger charge is 2.20. The molecule has 0 spiro atoms. The minimum Gasteiger partial charge on any atom is -0.342 e. The smallest absolute Gasteiger partial charge is 0.275 e. The Morgan fingerprint density at radius 2 is 2.14 bits per heavy atom. The van der Waals surface area contributed by atoms with Gasteiger partial charge in [0.2, 0.25) is 10.1 Å². The molecule has 0 bridgehead atoms. The molecule has 0 N–H and O–H groups in total. The first kappa shape index (κ1) is 12.5. The van der Waals surface area contributed by atoms with Crippen LogP contribution < -0.4 is 10.5 Å². The summed E-state index contributed by atoms with van der Waals surface area (Å²) in [5.41, 5.74) is 1.96. The fourth-order valence-electron chi connectivity index (χ4n) is 2.55. The molecular formula is C14H11FN4OS. The molecular weight excluding hydrogens is 291 g/mol. The predicted molar refractivity (Wildman–Crippen MR) is 78.3 cm³/mol. The fourth-order valence-corrected chi connectivity index (χ4v) is 3.45. The molecule has 0 radical (unpaired) electrons. The monoisotopic (exact) mass is 302 g/mol. The maximum Gasteiger partial charge on any atom is 0.275 e. The van der Waals surface area contributed by atoms with E-state index in [0.29, 0.717) is 11.5 Å². The molecule has 0 unspecified atom stereocenters. The molecule has 1 aromatic carbocycles. The van der Waals surface area contributed by atoms with Crippen LogP contribution in [0.15, 0.2) is 35.3 Å². The second-order valence-corrected chi connectivity index (χ2v) is 5.88. The van der Waals surface area contributed by atoms with Crippen LogP contribution in [0, 0.1) is 5.82 Å². The normalized spacial score (nSPS) is 14.4. The molecule has 0 saturated carbocycles. The van der Waals surface area contributed by atoms with Gasteiger partial charge in [-0.2, -0.15) is 4.52 Å². The van der Waals surface area contributed by atoms with Gasteiger partial charge in [-0.05, 0) is 29.7 Å². The quantitative estimate of drug-likeness (QED) is 0.688. The summed E-state index contributed by atoms with van der Waals surface area (Å²) in [5.74, 6) is -0.196. The van der Waals surface area contributed by atoms with Gasteiger partial charge in [0.25, 0.3) is 5.56 Å². The van der Waals surface area contributed by atoms with Crippen LogP contribution in [-0.2, 0) is 13.0 Å². The first-order chi connectivity index (χ1) is 10.2. The van der Waals surface area contributed by atoms with Crippen LogP contribution in [0.5, 0.6) is 0 Å². The summed E-state index contributed by atoms with van der Waals surface area (Å²) in [7, 11) is 0. The van der Waals surface area contributed by atoms with Gasteiger partial charge in [-0.25, -0.2) is 9.37 Å². The van der Waals surface area contributed by atoms with Crippen molar-refractivity contribution in [2.45, 2.75) is 13.0 Å². The van der Waals surface area contributed by atoms with E-state index in [9.17, 15) is 9.18 Å². The zero-order valence-corrected chi connectivity index (χ0v) is 11.8. The summed E-state index contributed by atoms with van der Waals surface area (Å²) < 4.78 is 14.5. The Hall–Kier alpha value is -2.28. The Balaban J connectivity index is 1.72. The minimum atomic E-state index is -0.196. The van der Waals surface area contributed by atoms with E-state index in [2.05, 4.69) is 15.0 Å². The lowest BCUT2D eigenvalue weighted by Crippen LogP contribution is -2.30. The van der Waals surface area contributed by atoms with Crippen LogP contribution in [0.1, 0.15) is 11.1 Å².